The molecule has 1 heterocycles. The molecule has 1 aromatic heterocycles. The minimum absolute atomic E-state index is 0.0263. The number of halogens is 1. The molecule has 3 rings (SSSR count). The molecule has 0 saturated carbocycles. The minimum Gasteiger partial charge on any atom is -0.489 e. The van der Waals surface area contributed by atoms with Crippen LogP contribution in [-0.2, 0) is 4.79 Å². The maximum atomic E-state index is 10.6. The lowest BCUT2D eigenvalue weighted by atomic mass is 10.1. The van der Waals surface area contributed by atoms with E-state index in [0.29, 0.717) is 28.1 Å². The fraction of sp³-hybridized carbons (Fsp3) is 0.150. The molecule has 0 atom stereocenters. The van der Waals surface area contributed by atoms with Gasteiger partial charge in [-0.05, 0) is 55.8 Å². The summed E-state index contributed by atoms with van der Waals surface area (Å²) >= 11 is 6.26. The number of aromatic nitrogens is 2. The SMILES string of the molecule is CC(C)Oc1ccc(-c2noc(-c3ccc(/C=C\C(=O)O)cc3)n2)cc1Cl. The highest BCUT2D eigenvalue weighted by Crippen LogP contribution is 2.31. The Morgan fingerprint density at radius 3 is 2.52 bits per heavy atom. The van der Waals surface area contributed by atoms with Gasteiger partial charge in [-0.3, -0.25) is 0 Å². The summed E-state index contributed by atoms with van der Waals surface area (Å²) in [6.07, 6.45) is 2.61. The van der Waals surface area contributed by atoms with E-state index in [1.54, 1.807) is 36.4 Å². The summed E-state index contributed by atoms with van der Waals surface area (Å²) in [6, 6.07) is 12.4. The number of rotatable bonds is 6. The van der Waals surface area contributed by atoms with Crippen LogP contribution in [0.2, 0.25) is 5.02 Å². The lowest BCUT2D eigenvalue weighted by Crippen LogP contribution is -2.05. The van der Waals surface area contributed by atoms with Crippen LogP contribution in [0.5, 0.6) is 5.75 Å². The Morgan fingerprint density at radius 2 is 1.89 bits per heavy atom. The van der Waals surface area contributed by atoms with E-state index in [-0.39, 0.29) is 6.10 Å². The van der Waals surface area contributed by atoms with E-state index in [4.69, 9.17) is 26.0 Å². The molecule has 3 aromatic rings. The number of nitrogens with zero attached hydrogens (tertiary/aromatic N) is 2. The topological polar surface area (TPSA) is 85.5 Å². The molecular weight excluding hydrogens is 368 g/mol. The highest BCUT2D eigenvalue weighted by molar-refractivity contribution is 6.32. The highest BCUT2D eigenvalue weighted by atomic mass is 35.5. The van der Waals surface area contributed by atoms with Crippen molar-refractivity contribution in [2.75, 3.05) is 0 Å². The van der Waals surface area contributed by atoms with Crippen LogP contribution in [0.25, 0.3) is 28.9 Å². The van der Waals surface area contributed by atoms with E-state index >= 15 is 0 Å². The Bertz CT molecular complexity index is 978. The molecule has 0 aliphatic carbocycles. The van der Waals surface area contributed by atoms with E-state index in [1.165, 1.54) is 6.08 Å². The fourth-order valence-electron chi connectivity index (χ4n) is 2.35. The zero-order valence-corrected chi connectivity index (χ0v) is 15.5. The van der Waals surface area contributed by atoms with Crippen LogP contribution >= 0.6 is 11.6 Å². The van der Waals surface area contributed by atoms with Crippen molar-refractivity contribution in [1.82, 2.24) is 10.1 Å². The smallest absolute Gasteiger partial charge is 0.328 e. The third kappa shape index (κ3) is 4.74. The van der Waals surface area contributed by atoms with Crippen LogP contribution in [-0.4, -0.2) is 27.3 Å². The number of hydrogen-bond donors (Lipinski definition) is 1. The van der Waals surface area contributed by atoms with Crippen molar-refractivity contribution in [3.63, 3.8) is 0 Å². The molecule has 0 amide bonds. The minimum atomic E-state index is -0.996. The Hall–Kier alpha value is -3.12. The van der Waals surface area contributed by atoms with Gasteiger partial charge in [0.05, 0.1) is 11.1 Å². The van der Waals surface area contributed by atoms with Gasteiger partial charge in [0.2, 0.25) is 5.82 Å². The Morgan fingerprint density at radius 1 is 1.19 bits per heavy atom. The maximum absolute atomic E-state index is 10.6. The molecule has 0 aliphatic heterocycles. The van der Waals surface area contributed by atoms with Gasteiger partial charge in [-0.15, -0.1) is 0 Å². The standard InChI is InChI=1S/C20H17ClN2O4/c1-12(2)26-17-9-8-15(11-16(17)21)19-22-20(27-23-19)14-6-3-13(4-7-14)5-10-18(24)25/h3-12H,1-2H3,(H,24,25)/b10-5-. The Kier molecular flexibility index (Phi) is 5.57. The number of hydrogen-bond acceptors (Lipinski definition) is 5. The zero-order chi connectivity index (χ0) is 19.4. The summed E-state index contributed by atoms with van der Waals surface area (Å²) in [5.41, 5.74) is 2.20. The Labute approximate surface area is 161 Å². The van der Waals surface area contributed by atoms with Gasteiger partial charge < -0.3 is 14.4 Å². The van der Waals surface area contributed by atoms with Crippen molar-refractivity contribution in [2.24, 2.45) is 0 Å². The van der Waals surface area contributed by atoms with Crippen LogP contribution in [0.1, 0.15) is 19.4 Å². The quantitative estimate of drug-likeness (QED) is 0.605. The molecule has 2 aromatic carbocycles. The van der Waals surface area contributed by atoms with Gasteiger partial charge in [0.15, 0.2) is 0 Å². The van der Waals surface area contributed by atoms with Crippen LogP contribution in [0.15, 0.2) is 53.1 Å². The van der Waals surface area contributed by atoms with E-state index in [9.17, 15) is 4.79 Å². The van der Waals surface area contributed by atoms with Crippen LogP contribution in [0.4, 0.5) is 0 Å². The molecule has 6 nitrogen and oxygen atoms in total. The van der Waals surface area contributed by atoms with Crippen molar-refractivity contribution >= 4 is 23.6 Å². The van der Waals surface area contributed by atoms with Gasteiger partial charge in [-0.2, -0.15) is 4.98 Å². The van der Waals surface area contributed by atoms with Crippen molar-refractivity contribution in [3.05, 3.63) is 59.1 Å². The summed E-state index contributed by atoms with van der Waals surface area (Å²) in [4.78, 5) is 15.0. The predicted molar refractivity (Wildman–Crippen MR) is 103 cm³/mol. The summed E-state index contributed by atoms with van der Waals surface area (Å²) in [7, 11) is 0. The van der Waals surface area contributed by atoms with Crippen LogP contribution in [0, 0.1) is 0 Å². The normalized spacial score (nSPS) is 11.3. The lowest BCUT2D eigenvalue weighted by molar-refractivity contribution is -0.131. The molecule has 0 saturated heterocycles. The second-order valence-electron chi connectivity index (χ2n) is 6.03. The first-order valence-corrected chi connectivity index (χ1v) is 8.62. The summed E-state index contributed by atoms with van der Waals surface area (Å²) in [6.45, 7) is 3.86. The van der Waals surface area contributed by atoms with Gasteiger partial charge in [0.25, 0.3) is 5.89 Å². The number of carboxylic acid groups (broad SMARTS) is 1. The molecule has 0 aliphatic rings. The van der Waals surface area contributed by atoms with Gasteiger partial charge in [-0.25, -0.2) is 4.79 Å². The fourth-order valence-corrected chi connectivity index (χ4v) is 2.58. The average molecular weight is 385 g/mol. The maximum Gasteiger partial charge on any atom is 0.328 e. The molecular formula is C20H17ClN2O4. The first-order valence-electron chi connectivity index (χ1n) is 8.24. The molecule has 7 heteroatoms. The second kappa shape index (κ2) is 8.05. The van der Waals surface area contributed by atoms with Gasteiger partial charge in [0, 0.05) is 17.2 Å². The third-order valence-corrected chi connectivity index (χ3v) is 3.85. The Balaban J connectivity index is 1.80. The number of carbonyl (C=O) groups is 1. The van der Waals surface area contributed by atoms with E-state index in [1.807, 2.05) is 19.9 Å². The largest absolute Gasteiger partial charge is 0.489 e. The monoisotopic (exact) mass is 384 g/mol. The van der Waals surface area contributed by atoms with Crippen molar-refractivity contribution in [2.45, 2.75) is 20.0 Å². The lowest BCUT2D eigenvalue weighted by Gasteiger charge is -2.11. The zero-order valence-electron chi connectivity index (χ0n) is 14.7. The third-order valence-electron chi connectivity index (χ3n) is 3.55. The van der Waals surface area contributed by atoms with Crippen LogP contribution < -0.4 is 4.74 Å². The first-order chi connectivity index (χ1) is 12.9. The molecule has 138 valence electrons. The number of benzene rings is 2. The second-order valence-corrected chi connectivity index (χ2v) is 6.44. The molecule has 0 unspecified atom stereocenters. The highest BCUT2D eigenvalue weighted by Gasteiger charge is 2.13. The van der Waals surface area contributed by atoms with Gasteiger partial charge in [0.1, 0.15) is 5.75 Å². The molecule has 0 radical (unpaired) electrons. The van der Waals surface area contributed by atoms with Crippen molar-refractivity contribution in [1.29, 1.82) is 0 Å². The summed E-state index contributed by atoms with van der Waals surface area (Å²) in [5, 5.41) is 13.1. The van der Waals surface area contributed by atoms with Gasteiger partial charge in [-0.1, -0.05) is 28.9 Å². The van der Waals surface area contributed by atoms with Crippen molar-refractivity contribution in [3.8, 4) is 28.6 Å². The molecule has 0 bridgehead atoms. The summed E-state index contributed by atoms with van der Waals surface area (Å²) < 4.78 is 10.9. The van der Waals surface area contributed by atoms with E-state index in [0.717, 1.165) is 17.2 Å². The number of ether oxygens (including phenoxy) is 1. The number of aliphatic carboxylic acids is 1. The average Bonchev–Trinajstić information content (AvgIpc) is 3.12. The first kappa shape index (κ1) is 18.7. The summed E-state index contributed by atoms with van der Waals surface area (Å²) in [5.74, 6) is 0.378. The molecule has 0 fully saturated rings. The number of carboxylic acids is 1. The molecule has 27 heavy (non-hydrogen) atoms. The molecule has 1 N–H and O–H groups in total. The van der Waals surface area contributed by atoms with Crippen LogP contribution in [0.3, 0.4) is 0 Å². The predicted octanol–water partition coefficient (Wildman–Crippen LogP) is 4.94. The van der Waals surface area contributed by atoms with E-state index < -0.39 is 5.97 Å². The molecule has 0 spiro atoms. The van der Waals surface area contributed by atoms with Crippen molar-refractivity contribution < 1.29 is 19.2 Å². The van der Waals surface area contributed by atoms with E-state index in [2.05, 4.69) is 10.1 Å². The van der Waals surface area contributed by atoms with Gasteiger partial charge >= 0.3 is 5.97 Å².